The van der Waals surface area contributed by atoms with Crippen LogP contribution < -0.4 is 5.32 Å². The Morgan fingerprint density at radius 3 is 2.17 bits per heavy atom. The first-order valence-corrected chi connectivity index (χ1v) is 15.6. The second kappa shape index (κ2) is 12.5. The Bertz CT molecular complexity index is 1480. The molecule has 10 heteroatoms. The van der Waals surface area contributed by atoms with Crippen molar-refractivity contribution >= 4 is 47.3 Å². The van der Waals surface area contributed by atoms with Crippen LogP contribution in [-0.4, -0.2) is 57.7 Å². The maximum absolute atomic E-state index is 14.0. The number of nitrogens with one attached hydrogen (secondary N) is 1. The first-order valence-electron chi connectivity index (χ1n) is 13.6. The Kier molecular flexibility index (Phi) is 8.34. The van der Waals surface area contributed by atoms with Gasteiger partial charge in [0.2, 0.25) is 5.91 Å². The van der Waals surface area contributed by atoms with E-state index in [9.17, 15) is 19.2 Å². The van der Waals surface area contributed by atoms with Crippen molar-refractivity contribution in [1.29, 1.82) is 0 Å². The van der Waals surface area contributed by atoms with Gasteiger partial charge in [-0.3, -0.25) is 19.3 Å². The van der Waals surface area contributed by atoms with Crippen LogP contribution in [0.5, 0.6) is 0 Å². The minimum Gasteiger partial charge on any atom is -0.465 e. The van der Waals surface area contributed by atoms with Gasteiger partial charge in [0.1, 0.15) is 22.4 Å². The van der Waals surface area contributed by atoms with Gasteiger partial charge in [0, 0.05) is 17.1 Å². The molecule has 2 fully saturated rings. The molecule has 0 radical (unpaired) electrons. The van der Waals surface area contributed by atoms with Gasteiger partial charge in [0.25, 0.3) is 5.91 Å². The highest BCUT2D eigenvalue weighted by molar-refractivity contribution is 8.07. The highest BCUT2D eigenvalue weighted by Gasteiger charge is 2.55. The molecule has 42 heavy (non-hydrogen) atoms. The topological polar surface area (TPSA) is 102 Å². The third-order valence-electron chi connectivity index (χ3n) is 7.25. The van der Waals surface area contributed by atoms with E-state index in [0.29, 0.717) is 23.7 Å². The third-order valence-corrected chi connectivity index (χ3v) is 10.0. The second-order valence-electron chi connectivity index (χ2n) is 10.1. The van der Waals surface area contributed by atoms with Crippen LogP contribution in [0.2, 0.25) is 0 Å². The zero-order valence-electron chi connectivity index (χ0n) is 22.5. The van der Waals surface area contributed by atoms with Crippen LogP contribution in [0.3, 0.4) is 0 Å². The van der Waals surface area contributed by atoms with Crippen LogP contribution in [0, 0.1) is 0 Å². The predicted molar refractivity (Wildman–Crippen MR) is 160 cm³/mol. The quantitative estimate of drug-likeness (QED) is 0.288. The minimum atomic E-state index is -0.768. The number of β-lactam (4-membered cyclic amide) rings is 1. The van der Waals surface area contributed by atoms with Crippen molar-refractivity contribution in [2.24, 2.45) is 0 Å². The fourth-order valence-corrected chi connectivity index (χ4v) is 7.87. The Morgan fingerprint density at radius 1 is 0.952 bits per heavy atom. The Labute approximate surface area is 251 Å². The predicted octanol–water partition coefficient (Wildman–Crippen LogP) is 4.22. The first kappa shape index (κ1) is 28.1. The lowest BCUT2D eigenvalue weighted by Crippen LogP contribution is -2.70. The molecule has 0 aliphatic carbocycles. The monoisotopic (exact) mass is 600 g/mol. The Balaban J connectivity index is 1.27. The van der Waals surface area contributed by atoms with E-state index in [-0.39, 0.29) is 29.9 Å². The molecule has 0 bridgehead atoms. The van der Waals surface area contributed by atoms with E-state index in [1.54, 1.807) is 0 Å². The number of carbonyl (C=O) groups excluding carboxylic acids is 4. The number of carbonyl (C=O) groups is 4. The summed E-state index contributed by atoms with van der Waals surface area (Å²) < 4.78 is 11.3. The summed E-state index contributed by atoms with van der Waals surface area (Å²) in [5.41, 5.74) is 2.54. The Hall–Kier alpha value is -4.02. The zero-order chi connectivity index (χ0) is 29.1. The number of amides is 2. The summed E-state index contributed by atoms with van der Waals surface area (Å²) in [6.07, 6.45) is -0.0412. The van der Waals surface area contributed by atoms with Crippen LogP contribution in [0.1, 0.15) is 29.2 Å². The van der Waals surface area contributed by atoms with Gasteiger partial charge in [-0.2, -0.15) is 0 Å². The molecule has 3 atom stereocenters. The lowest BCUT2D eigenvalue weighted by molar-refractivity contribution is -0.154. The van der Waals surface area contributed by atoms with E-state index in [1.165, 1.54) is 28.4 Å². The van der Waals surface area contributed by atoms with E-state index < -0.39 is 28.7 Å². The number of hydrogen-bond acceptors (Lipinski definition) is 8. The number of cyclic esters (lactones) is 1. The lowest BCUT2D eigenvalue weighted by Gasteiger charge is -2.49. The van der Waals surface area contributed by atoms with E-state index in [4.69, 9.17) is 9.47 Å². The van der Waals surface area contributed by atoms with Gasteiger partial charge in [-0.05, 0) is 16.7 Å². The minimum absolute atomic E-state index is 0.124. The standard InChI is InChI=1S/C32H28N2O6S2/c35-25(18-20-10-4-1-5-11-20)33-26-29(36)34-27(24(19-41-30(26)34)42-23-16-17-39-31(23)37)32(38)40-28(21-12-6-2-7-13-21)22-14-8-3-9-15-22/h1-15,23,26,28,30H,16-19H2,(H,33,35)/t23?,26-,30+/m0/s1. The van der Waals surface area contributed by atoms with E-state index in [1.807, 2.05) is 91.0 Å². The molecule has 6 rings (SSSR count). The molecule has 0 aromatic heterocycles. The number of esters is 2. The zero-order valence-corrected chi connectivity index (χ0v) is 24.1. The highest BCUT2D eigenvalue weighted by atomic mass is 32.2. The molecule has 8 nitrogen and oxygen atoms in total. The van der Waals surface area contributed by atoms with Gasteiger partial charge in [-0.1, -0.05) is 91.0 Å². The largest absolute Gasteiger partial charge is 0.465 e. The summed E-state index contributed by atoms with van der Waals surface area (Å²) >= 11 is 2.70. The fraction of sp³-hybridized carbons (Fsp3) is 0.250. The maximum Gasteiger partial charge on any atom is 0.356 e. The molecule has 2 amide bonds. The van der Waals surface area contributed by atoms with Crippen LogP contribution in [0.25, 0.3) is 0 Å². The summed E-state index contributed by atoms with van der Waals surface area (Å²) in [6, 6.07) is 27.4. The number of rotatable bonds is 9. The van der Waals surface area contributed by atoms with Gasteiger partial charge < -0.3 is 14.8 Å². The summed E-state index contributed by atoms with van der Waals surface area (Å²) in [5, 5.41) is 1.93. The summed E-state index contributed by atoms with van der Waals surface area (Å²) in [4.78, 5) is 54.7. The normalized spacial score (nSPS) is 21.5. The van der Waals surface area contributed by atoms with Gasteiger partial charge in [0.15, 0.2) is 6.10 Å². The molecule has 0 spiro atoms. The molecule has 3 aromatic rings. The molecule has 214 valence electrons. The third kappa shape index (κ3) is 5.82. The highest BCUT2D eigenvalue weighted by Crippen LogP contribution is 2.46. The van der Waals surface area contributed by atoms with Crippen molar-refractivity contribution in [2.75, 3.05) is 12.4 Å². The van der Waals surface area contributed by atoms with Crippen molar-refractivity contribution < 1.29 is 28.7 Å². The molecule has 3 aliphatic heterocycles. The molecule has 3 aromatic carbocycles. The molecule has 3 heterocycles. The molecule has 2 saturated heterocycles. The molecular formula is C32H28N2O6S2. The summed E-state index contributed by atoms with van der Waals surface area (Å²) in [5.74, 6) is -1.26. The van der Waals surface area contributed by atoms with Crippen molar-refractivity contribution in [3.05, 3.63) is 118 Å². The van der Waals surface area contributed by atoms with Crippen LogP contribution in [0.4, 0.5) is 0 Å². The molecule has 1 unspecified atom stereocenters. The van der Waals surface area contributed by atoms with Crippen molar-refractivity contribution in [3.63, 3.8) is 0 Å². The van der Waals surface area contributed by atoms with E-state index >= 15 is 0 Å². The molecule has 1 N–H and O–H groups in total. The molecular weight excluding hydrogens is 572 g/mol. The van der Waals surface area contributed by atoms with E-state index in [2.05, 4.69) is 5.32 Å². The fourth-order valence-electron chi connectivity index (χ4n) is 5.18. The van der Waals surface area contributed by atoms with Gasteiger partial charge in [-0.15, -0.1) is 23.5 Å². The average Bonchev–Trinajstić information content (AvgIpc) is 3.43. The van der Waals surface area contributed by atoms with Crippen molar-refractivity contribution in [1.82, 2.24) is 10.2 Å². The second-order valence-corrected chi connectivity index (χ2v) is 12.5. The number of nitrogens with zero attached hydrogens (tertiary/aromatic N) is 1. The van der Waals surface area contributed by atoms with Crippen molar-refractivity contribution in [3.8, 4) is 0 Å². The van der Waals surface area contributed by atoms with Crippen LogP contribution in [0.15, 0.2) is 102 Å². The number of fused-ring (bicyclic) bond motifs is 1. The summed E-state index contributed by atoms with van der Waals surface area (Å²) in [7, 11) is 0. The Morgan fingerprint density at radius 2 is 1.57 bits per heavy atom. The van der Waals surface area contributed by atoms with E-state index in [0.717, 1.165) is 16.7 Å². The number of ether oxygens (including phenoxy) is 2. The van der Waals surface area contributed by atoms with Crippen LogP contribution >= 0.6 is 23.5 Å². The van der Waals surface area contributed by atoms with Gasteiger partial charge in [-0.25, -0.2) is 4.79 Å². The van der Waals surface area contributed by atoms with Crippen molar-refractivity contribution in [2.45, 2.75) is 35.6 Å². The maximum atomic E-state index is 14.0. The average molecular weight is 601 g/mol. The first-order chi connectivity index (χ1) is 20.5. The lowest BCUT2D eigenvalue weighted by atomic mass is 10.0. The number of benzene rings is 3. The number of hydrogen-bond donors (Lipinski definition) is 1. The van der Waals surface area contributed by atoms with Crippen LogP contribution in [-0.2, 0) is 35.1 Å². The van der Waals surface area contributed by atoms with Gasteiger partial charge in [0.05, 0.1) is 13.0 Å². The molecule has 0 saturated carbocycles. The van der Waals surface area contributed by atoms with Gasteiger partial charge >= 0.3 is 11.9 Å². The number of thioether (sulfide) groups is 2. The summed E-state index contributed by atoms with van der Waals surface area (Å²) in [6.45, 7) is 0.321. The SMILES string of the molecule is O=C(Cc1ccccc1)N[C@H]1C(=O)N2C(C(=O)OC(c3ccccc3)c3ccccc3)=C(SC3CCOC3=O)CS[C@H]12. The smallest absolute Gasteiger partial charge is 0.356 e. The molecule has 3 aliphatic rings.